The van der Waals surface area contributed by atoms with Gasteiger partial charge in [-0.1, -0.05) is 29.8 Å². The Labute approximate surface area is 194 Å². The highest BCUT2D eigenvalue weighted by atomic mass is 32.2. The SMILES string of the molecule is Cc1ccc(S(=O)(=O)OC2C3CC(C2OC(=O)OC2CCCCO2)C2C4C=CC(C4)C32)cc1. The molecule has 5 aliphatic rings. The number of hydrogen-bond donors (Lipinski definition) is 0. The molecule has 0 amide bonds. The molecule has 33 heavy (non-hydrogen) atoms. The van der Waals surface area contributed by atoms with Crippen LogP contribution in [-0.2, 0) is 28.5 Å². The smallest absolute Gasteiger partial charge is 0.428 e. The van der Waals surface area contributed by atoms with Gasteiger partial charge in [-0.3, -0.25) is 4.18 Å². The van der Waals surface area contributed by atoms with E-state index in [4.69, 9.17) is 18.4 Å². The van der Waals surface area contributed by atoms with Crippen molar-refractivity contribution in [3.05, 3.63) is 42.0 Å². The maximum atomic E-state index is 13.1. The maximum Gasteiger partial charge on any atom is 0.510 e. The Hall–Kier alpha value is -1.90. The number of aryl methyl sites for hydroxylation is 1. The van der Waals surface area contributed by atoms with Crippen LogP contribution in [0.5, 0.6) is 0 Å². The number of allylic oxidation sites excluding steroid dienone is 2. The number of carbonyl (C=O) groups is 1. The molecule has 9 unspecified atom stereocenters. The molecule has 9 atom stereocenters. The Kier molecular flexibility index (Phi) is 5.31. The number of fused-ring (bicyclic) bond motifs is 9. The summed E-state index contributed by atoms with van der Waals surface area (Å²) in [4.78, 5) is 12.8. The van der Waals surface area contributed by atoms with Crippen molar-refractivity contribution < 1.29 is 31.6 Å². The summed E-state index contributed by atoms with van der Waals surface area (Å²) in [6.07, 6.45) is 6.29. The third-order valence-electron chi connectivity index (χ3n) is 8.43. The Morgan fingerprint density at radius 3 is 2.30 bits per heavy atom. The van der Waals surface area contributed by atoms with E-state index >= 15 is 0 Å². The van der Waals surface area contributed by atoms with Crippen LogP contribution in [0.3, 0.4) is 0 Å². The van der Waals surface area contributed by atoms with E-state index in [0.717, 1.165) is 31.2 Å². The second kappa shape index (κ2) is 8.10. The minimum Gasteiger partial charge on any atom is -0.428 e. The standard InChI is InChI=1S/C25H30O7S/c1-14-5-9-17(10-6-14)33(27,28)32-24-19-13-18(21-15-7-8-16(12-15)22(19)21)23(24)31-25(26)30-20-4-2-3-11-29-20/h5-10,15-16,18-24H,2-4,11-13H2,1H3. The average Bonchev–Trinajstić information content (AvgIpc) is 3.55. The maximum absolute atomic E-state index is 13.1. The molecule has 1 saturated heterocycles. The third kappa shape index (κ3) is 3.70. The van der Waals surface area contributed by atoms with Crippen molar-refractivity contribution in [3.63, 3.8) is 0 Å². The van der Waals surface area contributed by atoms with Crippen molar-refractivity contribution in [1.29, 1.82) is 0 Å². The fourth-order valence-electron chi connectivity index (χ4n) is 7.16. The fourth-order valence-corrected chi connectivity index (χ4v) is 8.29. The Bertz CT molecular complexity index is 1040. The highest BCUT2D eigenvalue weighted by Crippen LogP contribution is 2.66. The van der Waals surface area contributed by atoms with Gasteiger partial charge in [0.1, 0.15) is 12.2 Å². The van der Waals surface area contributed by atoms with E-state index in [1.165, 1.54) is 0 Å². The minimum atomic E-state index is -4.00. The van der Waals surface area contributed by atoms with E-state index in [9.17, 15) is 13.2 Å². The minimum absolute atomic E-state index is 0.0453. The molecule has 1 heterocycles. The molecule has 1 aromatic rings. The van der Waals surface area contributed by atoms with Crippen LogP contribution in [0.1, 0.15) is 37.7 Å². The van der Waals surface area contributed by atoms with E-state index < -0.39 is 34.8 Å². The quantitative estimate of drug-likeness (QED) is 0.273. The van der Waals surface area contributed by atoms with Crippen molar-refractivity contribution >= 4 is 16.3 Å². The molecule has 1 aromatic carbocycles. The first-order chi connectivity index (χ1) is 15.9. The van der Waals surface area contributed by atoms with Crippen LogP contribution in [0.25, 0.3) is 0 Å². The lowest BCUT2D eigenvalue weighted by Gasteiger charge is -2.40. The van der Waals surface area contributed by atoms with Crippen LogP contribution >= 0.6 is 0 Å². The van der Waals surface area contributed by atoms with Gasteiger partial charge in [0.05, 0.1) is 11.5 Å². The number of benzene rings is 1. The first-order valence-electron chi connectivity index (χ1n) is 12.1. The number of ether oxygens (including phenoxy) is 3. The van der Waals surface area contributed by atoms with Gasteiger partial charge in [-0.2, -0.15) is 8.42 Å². The third-order valence-corrected chi connectivity index (χ3v) is 9.75. The first kappa shape index (κ1) is 21.6. The molecule has 8 heteroatoms. The van der Waals surface area contributed by atoms with E-state index in [1.54, 1.807) is 24.3 Å². The Balaban J connectivity index is 1.24. The van der Waals surface area contributed by atoms with Crippen LogP contribution in [0.2, 0.25) is 0 Å². The summed E-state index contributed by atoms with van der Waals surface area (Å²) in [6.45, 7) is 2.47. The van der Waals surface area contributed by atoms with Gasteiger partial charge in [0.15, 0.2) is 0 Å². The molecule has 0 spiro atoms. The first-order valence-corrected chi connectivity index (χ1v) is 13.5. The lowest BCUT2D eigenvalue weighted by atomic mass is 9.71. The molecule has 178 valence electrons. The van der Waals surface area contributed by atoms with Gasteiger partial charge in [-0.15, -0.1) is 0 Å². The second-order valence-corrected chi connectivity index (χ2v) is 11.8. The van der Waals surface area contributed by atoms with Gasteiger partial charge in [-0.05, 0) is 74.3 Å². The summed E-state index contributed by atoms with van der Waals surface area (Å²) in [5, 5.41) is 0. The highest BCUT2D eigenvalue weighted by Gasteiger charge is 2.67. The molecule has 3 saturated carbocycles. The molecule has 0 radical (unpaired) electrons. The van der Waals surface area contributed by atoms with Crippen molar-refractivity contribution in [3.8, 4) is 0 Å². The highest BCUT2D eigenvalue weighted by molar-refractivity contribution is 7.86. The topological polar surface area (TPSA) is 88.1 Å². The van der Waals surface area contributed by atoms with Gasteiger partial charge < -0.3 is 14.2 Å². The summed E-state index contributed by atoms with van der Waals surface area (Å²) in [5.41, 5.74) is 0.972. The van der Waals surface area contributed by atoms with Gasteiger partial charge >= 0.3 is 6.16 Å². The monoisotopic (exact) mass is 474 g/mol. The zero-order valence-electron chi connectivity index (χ0n) is 18.7. The van der Waals surface area contributed by atoms with Crippen LogP contribution in [0, 0.1) is 42.4 Å². The number of carbonyl (C=O) groups excluding carboxylic acids is 1. The summed E-state index contributed by atoms with van der Waals surface area (Å²) < 4.78 is 48.9. The predicted molar refractivity (Wildman–Crippen MR) is 117 cm³/mol. The molecule has 1 aliphatic heterocycles. The zero-order valence-corrected chi connectivity index (χ0v) is 19.5. The molecule has 0 aromatic heterocycles. The summed E-state index contributed by atoms with van der Waals surface area (Å²) in [5.74, 6) is 1.87. The molecule has 4 fully saturated rings. The molecule has 6 rings (SSSR count). The molecular formula is C25H30O7S. The van der Waals surface area contributed by atoms with Crippen LogP contribution in [-0.4, -0.2) is 39.7 Å². The predicted octanol–water partition coefficient (Wildman–Crippen LogP) is 4.21. The van der Waals surface area contributed by atoms with E-state index in [2.05, 4.69) is 12.2 Å². The fraction of sp³-hybridized carbons (Fsp3) is 0.640. The summed E-state index contributed by atoms with van der Waals surface area (Å²) in [7, 11) is -4.00. The summed E-state index contributed by atoms with van der Waals surface area (Å²) >= 11 is 0. The number of rotatable bonds is 5. The Morgan fingerprint density at radius 1 is 0.939 bits per heavy atom. The molecule has 7 nitrogen and oxygen atoms in total. The largest absolute Gasteiger partial charge is 0.510 e. The number of hydrogen-bond acceptors (Lipinski definition) is 7. The van der Waals surface area contributed by atoms with Gasteiger partial charge in [-0.25, -0.2) is 4.79 Å². The van der Waals surface area contributed by atoms with Gasteiger partial charge in [0.25, 0.3) is 10.1 Å². The van der Waals surface area contributed by atoms with Crippen molar-refractivity contribution in [2.45, 2.75) is 62.4 Å². The molecule has 4 bridgehead atoms. The van der Waals surface area contributed by atoms with Crippen molar-refractivity contribution in [2.75, 3.05) is 6.61 Å². The zero-order chi connectivity index (χ0) is 22.7. The lowest BCUT2D eigenvalue weighted by molar-refractivity contribution is -0.156. The average molecular weight is 475 g/mol. The van der Waals surface area contributed by atoms with E-state index in [1.807, 2.05) is 6.92 Å². The van der Waals surface area contributed by atoms with E-state index in [0.29, 0.717) is 36.7 Å². The second-order valence-electron chi connectivity index (χ2n) is 10.2. The van der Waals surface area contributed by atoms with Gasteiger partial charge in [0, 0.05) is 12.3 Å². The van der Waals surface area contributed by atoms with Crippen molar-refractivity contribution in [1.82, 2.24) is 0 Å². The van der Waals surface area contributed by atoms with Crippen molar-refractivity contribution in [2.24, 2.45) is 35.5 Å². The lowest BCUT2D eigenvalue weighted by Crippen LogP contribution is -2.48. The molecular weight excluding hydrogens is 444 g/mol. The normalized spacial score (nSPS) is 40.7. The van der Waals surface area contributed by atoms with Gasteiger partial charge in [0.2, 0.25) is 6.29 Å². The van der Waals surface area contributed by atoms with Crippen LogP contribution in [0.4, 0.5) is 4.79 Å². The van der Waals surface area contributed by atoms with E-state index in [-0.39, 0.29) is 16.7 Å². The molecule has 4 aliphatic carbocycles. The molecule has 0 N–H and O–H groups in total. The van der Waals surface area contributed by atoms with Crippen LogP contribution in [0.15, 0.2) is 41.3 Å². The van der Waals surface area contributed by atoms with Crippen LogP contribution < -0.4 is 0 Å². The Morgan fingerprint density at radius 2 is 1.64 bits per heavy atom. The summed E-state index contributed by atoms with van der Waals surface area (Å²) in [6, 6.07) is 6.63.